The van der Waals surface area contributed by atoms with Crippen molar-refractivity contribution >= 4 is 17.3 Å². The second kappa shape index (κ2) is 7.66. The fraction of sp³-hybridized carbons (Fsp3) is 0.364. The third-order valence-electron chi connectivity index (χ3n) is 6.08. The van der Waals surface area contributed by atoms with Crippen LogP contribution in [0.5, 0.6) is 0 Å². The van der Waals surface area contributed by atoms with E-state index in [0.717, 1.165) is 61.0 Å². The number of hydrogen-bond acceptors (Lipinski definition) is 8. The lowest BCUT2D eigenvalue weighted by Gasteiger charge is -2.37. The van der Waals surface area contributed by atoms with Gasteiger partial charge in [0.15, 0.2) is 5.82 Å². The molecule has 0 bridgehead atoms. The van der Waals surface area contributed by atoms with E-state index < -0.39 is 0 Å². The smallest absolute Gasteiger partial charge is 0.226 e. The van der Waals surface area contributed by atoms with Crippen molar-refractivity contribution in [3.8, 4) is 11.3 Å². The van der Waals surface area contributed by atoms with Crippen LogP contribution in [0.3, 0.4) is 0 Å². The second-order valence-corrected chi connectivity index (χ2v) is 8.12. The molecule has 1 aliphatic heterocycles. The van der Waals surface area contributed by atoms with Crippen LogP contribution in [0.25, 0.3) is 16.8 Å². The molecule has 4 heterocycles. The molecule has 0 radical (unpaired) electrons. The Morgan fingerprint density at radius 2 is 2.03 bits per heavy atom. The molecular formula is C22H26N8O. The zero-order valence-corrected chi connectivity index (χ0v) is 17.8. The summed E-state index contributed by atoms with van der Waals surface area (Å²) >= 11 is 0. The minimum absolute atomic E-state index is 0.239. The Bertz CT molecular complexity index is 1160. The number of nitrogens with zero attached hydrogens (tertiary/aromatic N) is 7. The molecule has 31 heavy (non-hydrogen) atoms. The first-order valence-electron chi connectivity index (χ1n) is 10.4. The van der Waals surface area contributed by atoms with Crippen molar-refractivity contribution in [1.29, 1.82) is 0 Å². The standard InChI is InChI=1S/C22H26N8O/c1-22(8-5-16(23)6-9-22)28(2)21-24-10-7-18(26-21)17-15-25-30-19(17)3-4-20(27-30)29-11-13-31-14-12-29/h3-8,10,15H,9,11-14,23H2,1-2H3. The molecule has 160 valence electrons. The molecule has 0 amide bonds. The van der Waals surface area contributed by atoms with Gasteiger partial charge in [-0.25, -0.2) is 9.97 Å². The van der Waals surface area contributed by atoms with E-state index >= 15 is 0 Å². The number of allylic oxidation sites excluding steroid dienone is 1. The molecule has 2 N–H and O–H groups in total. The van der Waals surface area contributed by atoms with Crippen LogP contribution in [0.15, 0.2) is 54.5 Å². The van der Waals surface area contributed by atoms with Gasteiger partial charge in [0.25, 0.3) is 0 Å². The van der Waals surface area contributed by atoms with Crippen molar-refractivity contribution < 1.29 is 4.74 Å². The van der Waals surface area contributed by atoms with Gasteiger partial charge in [-0.1, -0.05) is 12.2 Å². The van der Waals surface area contributed by atoms with E-state index in [1.165, 1.54) is 0 Å². The lowest BCUT2D eigenvalue weighted by Crippen LogP contribution is -2.44. The molecule has 1 saturated heterocycles. The minimum Gasteiger partial charge on any atom is -0.399 e. The maximum absolute atomic E-state index is 5.89. The Labute approximate surface area is 180 Å². The summed E-state index contributed by atoms with van der Waals surface area (Å²) in [5, 5.41) is 9.17. The Balaban J connectivity index is 1.45. The lowest BCUT2D eigenvalue weighted by molar-refractivity contribution is 0.122. The van der Waals surface area contributed by atoms with Gasteiger partial charge in [-0.2, -0.15) is 5.10 Å². The van der Waals surface area contributed by atoms with Crippen molar-refractivity contribution in [2.24, 2.45) is 5.73 Å². The van der Waals surface area contributed by atoms with Crippen LogP contribution >= 0.6 is 0 Å². The summed E-state index contributed by atoms with van der Waals surface area (Å²) in [4.78, 5) is 13.6. The summed E-state index contributed by atoms with van der Waals surface area (Å²) in [6.07, 6.45) is 10.5. The molecule has 0 spiro atoms. The van der Waals surface area contributed by atoms with Crippen LogP contribution in [0.2, 0.25) is 0 Å². The van der Waals surface area contributed by atoms with Crippen molar-refractivity contribution in [1.82, 2.24) is 24.8 Å². The molecule has 0 saturated carbocycles. The quantitative estimate of drug-likeness (QED) is 0.687. The molecule has 2 aliphatic rings. The molecule has 1 unspecified atom stereocenters. The minimum atomic E-state index is -0.239. The van der Waals surface area contributed by atoms with E-state index in [0.29, 0.717) is 5.95 Å². The molecule has 1 fully saturated rings. The summed E-state index contributed by atoms with van der Waals surface area (Å²) in [6, 6.07) is 5.98. The highest BCUT2D eigenvalue weighted by Gasteiger charge is 2.29. The summed E-state index contributed by atoms with van der Waals surface area (Å²) in [5.74, 6) is 1.55. The Morgan fingerprint density at radius 3 is 2.81 bits per heavy atom. The number of likely N-dealkylation sites (N-methyl/N-ethyl adjacent to an activating group) is 1. The molecule has 0 aromatic carbocycles. The number of hydrogen-bond donors (Lipinski definition) is 1. The van der Waals surface area contributed by atoms with Crippen LogP contribution in [0, 0.1) is 0 Å². The summed E-state index contributed by atoms with van der Waals surface area (Å²) in [5.41, 5.74) is 9.08. The lowest BCUT2D eigenvalue weighted by atomic mass is 9.91. The summed E-state index contributed by atoms with van der Waals surface area (Å²) in [7, 11) is 2.01. The van der Waals surface area contributed by atoms with Gasteiger partial charge in [0.2, 0.25) is 5.95 Å². The van der Waals surface area contributed by atoms with Gasteiger partial charge in [-0.15, -0.1) is 9.73 Å². The van der Waals surface area contributed by atoms with Crippen LogP contribution in [0.4, 0.5) is 11.8 Å². The van der Waals surface area contributed by atoms with Crippen LogP contribution in [-0.4, -0.2) is 63.7 Å². The van der Waals surface area contributed by atoms with Gasteiger partial charge >= 0.3 is 0 Å². The normalized spacial score (nSPS) is 21.4. The monoisotopic (exact) mass is 418 g/mol. The maximum Gasteiger partial charge on any atom is 0.226 e. The van der Waals surface area contributed by atoms with Crippen molar-refractivity contribution in [3.05, 3.63) is 54.5 Å². The number of morpholine rings is 1. The van der Waals surface area contributed by atoms with Gasteiger partial charge < -0.3 is 20.3 Å². The molecule has 9 heteroatoms. The van der Waals surface area contributed by atoms with Crippen molar-refractivity contribution in [2.45, 2.75) is 18.9 Å². The molecule has 9 nitrogen and oxygen atoms in total. The first kappa shape index (κ1) is 19.5. The Kier molecular flexibility index (Phi) is 4.82. The highest BCUT2D eigenvalue weighted by Crippen LogP contribution is 2.30. The molecule has 3 aromatic rings. The predicted molar refractivity (Wildman–Crippen MR) is 120 cm³/mol. The van der Waals surface area contributed by atoms with Crippen LogP contribution < -0.4 is 15.5 Å². The molecule has 3 aromatic heterocycles. The zero-order valence-electron chi connectivity index (χ0n) is 17.8. The number of aromatic nitrogens is 5. The van der Waals surface area contributed by atoms with E-state index in [4.69, 9.17) is 15.5 Å². The third-order valence-corrected chi connectivity index (χ3v) is 6.08. The molecule has 1 aliphatic carbocycles. The first-order valence-corrected chi connectivity index (χ1v) is 10.4. The number of ether oxygens (including phenoxy) is 1. The van der Waals surface area contributed by atoms with Gasteiger partial charge in [0.1, 0.15) is 0 Å². The van der Waals surface area contributed by atoms with E-state index in [9.17, 15) is 0 Å². The maximum atomic E-state index is 5.89. The molecular weight excluding hydrogens is 392 g/mol. The topological polar surface area (TPSA) is 97.7 Å². The van der Waals surface area contributed by atoms with E-state index in [-0.39, 0.29) is 5.54 Å². The van der Waals surface area contributed by atoms with Crippen molar-refractivity contribution in [2.75, 3.05) is 43.2 Å². The van der Waals surface area contributed by atoms with E-state index in [2.05, 4.69) is 38.0 Å². The summed E-state index contributed by atoms with van der Waals surface area (Å²) < 4.78 is 7.10. The van der Waals surface area contributed by atoms with E-state index in [1.807, 2.05) is 43.6 Å². The first-order chi connectivity index (χ1) is 15.0. The van der Waals surface area contributed by atoms with Gasteiger partial charge in [-0.3, -0.25) is 0 Å². The van der Waals surface area contributed by atoms with Crippen LogP contribution in [0.1, 0.15) is 13.3 Å². The average molecular weight is 419 g/mol. The van der Waals surface area contributed by atoms with Crippen molar-refractivity contribution in [3.63, 3.8) is 0 Å². The van der Waals surface area contributed by atoms with Gasteiger partial charge in [0, 0.05) is 37.6 Å². The number of fused-ring (bicyclic) bond motifs is 1. The zero-order chi connectivity index (χ0) is 21.4. The molecule has 1 atom stereocenters. The Morgan fingerprint density at radius 1 is 1.19 bits per heavy atom. The predicted octanol–water partition coefficient (Wildman–Crippen LogP) is 2.02. The second-order valence-electron chi connectivity index (χ2n) is 8.12. The van der Waals surface area contributed by atoms with Gasteiger partial charge in [0.05, 0.1) is 36.2 Å². The van der Waals surface area contributed by atoms with Crippen LogP contribution in [-0.2, 0) is 4.74 Å². The number of anilines is 2. The third kappa shape index (κ3) is 3.61. The fourth-order valence-corrected chi connectivity index (χ4v) is 3.90. The molecule has 5 rings (SSSR count). The largest absolute Gasteiger partial charge is 0.399 e. The van der Waals surface area contributed by atoms with E-state index in [1.54, 1.807) is 10.8 Å². The highest BCUT2D eigenvalue weighted by molar-refractivity contribution is 5.78. The number of nitrogens with two attached hydrogens (primary N) is 1. The number of rotatable bonds is 4. The summed E-state index contributed by atoms with van der Waals surface area (Å²) in [6.45, 7) is 5.26. The Hall–Kier alpha value is -3.46. The SMILES string of the molecule is CN(c1nccc(-c2cnn3nc(N4CCOCC4)ccc23)n1)C1(C)C=CC(N)=CC1. The average Bonchev–Trinajstić information content (AvgIpc) is 3.24. The fourth-order valence-electron chi connectivity index (χ4n) is 3.90. The van der Waals surface area contributed by atoms with Gasteiger partial charge in [-0.05, 0) is 37.6 Å². The highest BCUT2D eigenvalue weighted by atomic mass is 16.5.